The van der Waals surface area contributed by atoms with Gasteiger partial charge in [-0.2, -0.15) is 0 Å². The molecule has 2 atom stereocenters. The Bertz CT molecular complexity index is 910. The molecule has 1 saturated heterocycles. The molecule has 1 aliphatic heterocycles. The predicted molar refractivity (Wildman–Crippen MR) is 116 cm³/mol. The first-order valence-corrected chi connectivity index (χ1v) is 10.4. The lowest BCUT2D eigenvalue weighted by atomic mass is 9.98. The van der Waals surface area contributed by atoms with Crippen LogP contribution in [0, 0.1) is 5.92 Å². The van der Waals surface area contributed by atoms with Crippen molar-refractivity contribution in [3.05, 3.63) is 83.9 Å². The van der Waals surface area contributed by atoms with Crippen LogP contribution >= 0.6 is 0 Å². The third kappa shape index (κ3) is 6.28. The van der Waals surface area contributed by atoms with Crippen LogP contribution in [0.1, 0.15) is 24.0 Å². The van der Waals surface area contributed by atoms with Crippen molar-refractivity contribution in [2.24, 2.45) is 5.92 Å². The predicted octanol–water partition coefficient (Wildman–Crippen LogP) is 3.31. The van der Waals surface area contributed by atoms with Gasteiger partial charge in [-0.15, -0.1) is 0 Å². The fraction of sp³-hybridized carbons (Fsp3) is 0.320. The number of amides is 1. The van der Waals surface area contributed by atoms with E-state index in [0.29, 0.717) is 13.0 Å². The molecule has 31 heavy (non-hydrogen) atoms. The maximum absolute atomic E-state index is 12.9. The molecule has 0 unspecified atom stereocenters. The minimum absolute atomic E-state index is 0.204. The Balaban J connectivity index is 1.71. The smallest absolute Gasteiger partial charge is 0.396 e. The van der Waals surface area contributed by atoms with E-state index < -0.39 is 17.8 Å². The molecule has 1 amide bonds. The molecule has 3 rings (SSSR count). The summed E-state index contributed by atoms with van der Waals surface area (Å²) in [6.07, 6.45) is 5.65. The molecule has 0 N–H and O–H groups in total. The molecule has 0 radical (unpaired) electrons. The van der Waals surface area contributed by atoms with Gasteiger partial charge in [0.05, 0.1) is 19.1 Å². The van der Waals surface area contributed by atoms with Crippen LogP contribution in [0.3, 0.4) is 0 Å². The van der Waals surface area contributed by atoms with Gasteiger partial charge in [0, 0.05) is 6.54 Å². The Hall–Kier alpha value is -3.41. The van der Waals surface area contributed by atoms with Crippen molar-refractivity contribution in [1.29, 1.82) is 0 Å². The summed E-state index contributed by atoms with van der Waals surface area (Å²) in [6, 6.07) is 19.0. The van der Waals surface area contributed by atoms with Gasteiger partial charge in [-0.1, -0.05) is 72.8 Å². The second-order valence-corrected chi connectivity index (χ2v) is 7.47. The lowest BCUT2D eigenvalue weighted by molar-refractivity contribution is -0.158. The van der Waals surface area contributed by atoms with Crippen molar-refractivity contribution in [1.82, 2.24) is 4.90 Å². The Morgan fingerprint density at radius 3 is 2.32 bits per heavy atom. The summed E-state index contributed by atoms with van der Waals surface area (Å²) >= 11 is 0. The average Bonchev–Trinajstić information content (AvgIpc) is 3.29. The minimum Gasteiger partial charge on any atom is -0.462 e. The third-order valence-corrected chi connectivity index (χ3v) is 5.31. The summed E-state index contributed by atoms with van der Waals surface area (Å²) in [7, 11) is 1.19. The lowest BCUT2D eigenvalue weighted by Gasteiger charge is -2.21. The number of likely N-dealkylation sites (tertiary alicyclic amines) is 1. The van der Waals surface area contributed by atoms with Crippen LogP contribution in [0.15, 0.2) is 72.8 Å². The SMILES string of the molecule is COC(=O)C(=O)N1CCC[C@H]1/C=C/[C@@H](Cc1ccccc1)C(=O)OCc1ccccc1. The van der Waals surface area contributed by atoms with E-state index in [1.165, 1.54) is 12.0 Å². The van der Waals surface area contributed by atoms with Crippen molar-refractivity contribution in [2.45, 2.75) is 31.9 Å². The highest BCUT2D eigenvalue weighted by molar-refractivity contribution is 6.32. The second-order valence-electron chi connectivity index (χ2n) is 7.47. The summed E-state index contributed by atoms with van der Waals surface area (Å²) in [5, 5.41) is 0. The number of methoxy groups -OCH3 is 1. The van der Waals surface area contributed by atoms with Gasteiger partial charge in [-0.05, 0) is 30.4 Å². The van der Waals surface area contributed by atoms with Crippen LogP contribution in [-0.2, 0) is 36.9 Å². The average molecular weight is 421 g/mol. The van der Waals surface area contributed by atoms with Crippen LogP contribution < -0.4 is 0 Å². The van der Waals surface area contributed by atoms with Gasteiger partial charge in [0.25, 0.3) is 0 Å². The number of hydrogen-bond acceptors (Lipinski definition) is 5. The standard InChI is InChI=1S/C25H27NO5/c1-30-25(29)23(27)26-16-8-13-22(26)15-14-21(17-19-9-4-2-5-10-19)24(28)31-18-20-11-6-3-7-12-20/h2-7,9-12,14-15,21-22H,8,13,16-18H2,1H3/b15-14+/t21-,22-/m0/s1. The number of hydrogen-bond donors (Lipinski definition) is 0. The summed E-state index contributed by atoms with van der Waals surface area (Å²) in [5.41, 5.74) is 1.94. The van der Waals surface area contributed by atoms with E-state index >= 15 is 0 Å². The first kappa shape index (κ1) is 22.3. The number of carbonyl (C=O) groups excluding carboxylic acids is 3. The summed E-state index contributed by atoms with van der Waals surface area (Å²) in [5.74, 6) is -2.35. The zero-order valence-electron chi connectivity index (χ0n) is 17.6. The molecular formula is C25H27NO5. The second kappa shape index (κ2) is 11.1. The highest BCUT2D eigenvalue weighted by atomic mass is 16.5. The van der Waals surface area contributed by atoms with Crippen molar-refractivity contribution in [3.8, 4) is 0 Å². The number of rotatable bonds is 7. The molecule has 0 aromatic heterocycles. The van der Waals surface area contributed by atoms with E-state index in [1.54, 1.807) is 6.08 Å². The Labute approximate surface area is 182 Å². The molecule has 1 aliphatic rings. The highest BCUT2D eigenvalue weighted by Gasteiger charge is 2.32. The molecular weight excluding hydrogens is 394 g/mol. The van der Waals surface area contributed by atoms with Crippen LogP contribution in [0.4, 0.5) is 0 Å². The monoisotopic (exact) mass is 421 g/mol. The molecule has 0 bridgehead atoms. The van der Waals surface area contributed by atoms with E-state index in [1.807, 2.05) is 66.7 Å². The van der Waals surface area contributed by atoms with E-state index in [2.05, 4.69) is 4.74 Å². The van der Waals surface area contributed by atoms with Crippen molar-refractivity contribution in [2.75, 3.05) is 13.7 Å². The number of nitrogens with zero attached hydrogens (tertiary/aromatic N) is 1. The molecule has 0 aliphatic carbocycles. The number of carbonyl (C=O) groups is 3. The zero-order valence-corrected chi connectivity index (χ0v) is 17.6. The minimum atomic E-state index is -0.872. The van der Waals surface area contributed by atoms with Crippen LogP contribution in [0.25, 0.3) is 0 Å². The Morgan fingerprint density at radius 2 is 1.68 bits per heavy atom. The molecule has 162 valence electrons. The zero-order chi connectivity index (χ0) is 22.1. The van der Waals surface area contributed by atoms with Crippen molar-refractivity contribution < 1.29 is 23.9 Å². The quantitative estimate of drug-likeness (QED) is 0.390. The summed E-state index contributed by atoms with van der Waals surface area (Å²) < 4.78 is 10.1. The Morgan fingerprint density at radius 1 is 1.03 bits per heavy atom. The maximum atomic E-state index is 12.9. The molecule has 2 aromatic carbocycles. The number of ether oxygens (including phenoxy) is 2. The lowest BCUT2D eigenvalue weighted by Crippen LogP contribution is -2.39. The maximum Gasteiger partial charge on any atom is 0.396 e. The van der Waals surface area contributed by atoms with E-state index in [-0.39, 0.29) is 18.6 Å². The van der Waals surface area contributed by atoms with Gasteiger partial charge in [-0.25, -0.2) is 4.79 Å². The first-order valence-electron chi connectivity index (χ1n) is 10.4. The van der Waals surface area contributed by atoms with Gasteiger partial charge < -0.3 is 14.4 Å². The van der Waals surface area contributed by atoms with E-state index in [0.717, 1.165) is 24.0 Å². The van der Waals surface area contributed by atoms with Gasteiger partial charge in [0.15, 0.2) is 0 Å². The normalized spacial score (nSPS) is 16.8. The fourth-order valence-electron chi connectivity index (χ4n) is 3.65. The van der Waals surface area contributed by atoms with Gasteiger partial charge in [0.2, 0.25) is 0 Å². The first-order chi connectivity index (χ1) is 15.1. The van der Waals surface area contributed by atoms with Crippen molar-refractivity contribution >= 4 is 17.8 Å². The Kier molecular flexibility index (Phi) is 7.98. The molecule has 1 fully saturated rings. The largest absolute Gasteiger partial charge is 0.462 e. The molecule has 6 heteroatoms. The fourth-order valence-corrected chi connectivity index (χ4v) is 3.65. The molecule has 2 aromatic rings. The number of esters is 2. The highest BCUT2D eigenvalue weighted by Crippen LogP contribution is 2.21. The summed E-state index contributed by atoms with van der Waals surface area (Å²) in [6.45, 7) is 0.694. The van der Waals surface area contributed by atoms with Gasteiger partial charge in [0.1, 0.15) is 6.61 Å². The topological polar surface area (TPSA) is 72.9 Å². The van der Waals surface area contributed by atoms with Gasteiger partial charge in [-0.3, -0.25) is 9.59 Å². The van der Waals surface area contributed by atoms with Gasteiger partial charge >= 0.3 is 17.8 Å². The number of benzene rings is 2. The van der Waals surface area contributed by atoms with E-state index in [9.17, 15) is 14.4 Å². The third-order valence-electron chi connectivity index (χ3n) is 5.31. The van der Waals surface area contributed by atoms with Crippen LogP contribution in [-0.4, -0.2) is 42.4 Å². The van der Waals surface area contributed by atoms with Crippen LogP contribution in [0.5, 0.6) is 0 Å². The molecule has 0 saturated carbocycles. The van der Waals surface area contributed by atoms with E-state index in [4.69, 9.17) is 4.74 Å². The van der Waals surface area contributed by atoms with Crippen LogP contribution in [0.2, 0.25) is 0 Å². The molecule has 1 heterocycles. The molecule has 6 nitrogen and oxygen atoms in total. The summed E-state index contributed by atoms with van der Waals surface area (Å²) in [4.78, 5) is 38.2. The van der Waals surface area contributed by atoms with Crippen molar-refractivity contribution in [3.63, 3.8) is 0 Å². The molecule has 0 spiro atoms.